The number of rotatable bonds is 5. The Morgan fingerprint density at radius 3 is 1.91 bits per heavy atom. The second-order valence-electron chi connectivity index (χ2n) is 3.60. The molecule has 1 N–H and O–H groups in total. The Kier molecular flexibility index (Phi) is 4.69. The summed E-state index contributed by atoms with van der Waals surface area (Å²) in [7, 11) is 2.02. The van der Waals surface area contributed by atoms with Crippen LogP contribution in [0.25, 0.3) is 0 Å². The molecule has 2 nitrogen and oxygen atoms in total. The average Bonchev–Trinajstić information content (AvgIpc) is 2.00. The topological polar surface area (TPSA) is 15.3 Å². The van der Waals surface area contributed by atoms with Crippen LogP contribution in [-0.2, 0) is 0 Å². The molecule has 0 aliphatic rings. The van der Waals surface area contributed by atoms with Crippen molar-refractivity contribution in [3.05, 3.63) is 0 Å². The van der Waals surface area contributed by atoms with Gasteiger partial charge in [-0.1, -0.05) is 13.8 Å². The Morgan fingerprint density at radius 2 is 1.64 bits per heavy atom. The van der Waals surface area contributed by atoms with Crippen LogP contribution in [0.3, 0.4) is 0 Å². The zero-order chi connectivity index (χ0) is 8.91. The summed E-state index contributed by atoms with van der Waals surface area (Å²) in [4.78, 5) is 2.43. The number of nitrogens with zero attached hydrogens (tertiary/aromatic N) is 1. The zero-order valence-corrected chi connectivity index (χ0v) is 8.57. The molecule has 68 valence electrons. The fourth-order valence-electron chi connectivity index (χ4n) is 1.09. The van der Waals surface area contributed by atoms with Gasteiger partial charge in [-0.3, -0.25) is 0 Å². The van der Waals surface area contributed by atoms with E-state index >= 15 is 0 Å². The molecule has 11 heavy (non-hydrogen) atoms. The predicted octanol–water partition coefficient (Wildman–Crippen LogP) is 1.33. The van der Waals surface area contributed by atoms with Crippen LogP contribution < -0.4 is 5.32 Å². The molecule has 0 saturated carbocycles. The van der Waals surface area contributed by atoms with Gasteiger partial charge in [0, 0.05) is 12.1 Å². The van der Waals surface area contributed by atoms with Crippen LogP contribution in [0.15, 0.2) is 0 Å². The van der Waals surface area contributed by atoms with Gasteiger partial charge >= 0.3 is 0 Å². The standard InChI is InChI=1S/C9H22N2/c1-6-11(7-2)8-9(3,4)10-5/h10H,6-8H2,1-5H3. The fourth-order valence-corrected chi connectivity index (χ4v) is 1.09. The van der Waals surface area contributed by atoms with Crippen molar-refractivity contribution in [2.75, 3.05) is 26.7 Å². The molecule has 0 fully saturated rings. The van der Waals surface area contributed by atoms with Crippen molar-refractivity contribution in [3.8, 4) is 0 Å². The van der Waals surface area contributed by atoms with Crippen molar-refractivity contribution in [1.29, 1.82) is 0 Å². The first-order valence-electron chi connectivity index (χ1n) is 4.47. The van der Waals surface area contributed by atoms with Gasteiger partial charge in [0.05, 0.1) is 0 Å². The Balaban J connectivity index is 3.79. The lowest BCUT2D eigenvalue weighted by molar-refractivity contribution is 0.224. The molecule has 0 bridgehead atoms. The van der Waals surface area contributed by atoms with E-state index in [1.54, 1.807) is 0 Å². The highest BCUT2D eigenvalue weighted by Crippen LogP contribution is 2.03. The third kappa shape index (κ3) is 4.38. The van der Waals surface area contributed by atoms with E-state index in [1.165, 1.54) is 0 Å². The van der Waals surface area contributed by atoms with E-state index in [4.69, 9.17) is 0 Å². The zero-order valence-electron chi connectivity index (χ0n) is 8.57. The highest BCUT2D eigenvalue weighted by Gasteiger charge is 2.16. The minimum Gasteiger partial charge on any atom is -0.314 e. The third-order valence-electron chi connectivity index (χ3n) is 2.19. The molecule has 0 aliphatic heterocycles. The van der Waals surface area contributed by atoms with Crippen LogP contribution in [0, 0.1) is 0 Å². The van der Waals surface area contributed by atoms with E-state index in [0.717, 1.165) is 19.6 Å². The van der Waals surface area contributed by atoms with Crippen LogP contribution in [0.2, 0.25) is 0 Å². The molecule has 0 aromatic heterocycles. The molecule has 0 unspecified atom stereocenters. The molecule has 0 rings (SSSR count). The fraction of sp³-hybridized carbons (Fsp3) is 1.00. The first-order valence-corrected chi connectivity index (χ1v) is 4.47. The molecule has 2 heteroatoms. The van der Waals surface area contributed by atoms with Gasteiger partial charge in [-0.05, 0) is 34.0 Å². The van der Waals surface area contributed by atoms with E-state index in [0.29, 0.717) is 0 Å². The lowest BCUT2D eigenvalue weighted by Crippen LogP contribution is -2.47. The SMILES string of the molecule is CCN(CC)CC(C)(C)NC. The van der Waals surface area contributed by atoms with Gasteiger partial charge in [0.2, 0.25) is 0 Å². The Hall–Kier alpha value is -0.0800. The van der Waals surface area contributed by atoms with Crippen LogP contribution in [0.5, 0.6) is 0 Å². The normalized spacial score (nSPS) is 12.5. The van der Waals surface area contributed by atoms with Crippen LogP contribution in [0.1, 0.15) is 27.7 Å². The number of hydrogen-bond acceptors (Lipinski definition) is 2. The summed E-state index contributed by atoms with van der Waals surface area (Å²) >= 11 is 0. The number of likely N-dealkylation sites (N-methyl/N-ethyl adjacent to an activating group) is 2. The molecule has 0 aliphatic carbocycles. The van der Waals surface area contributed by atoms with Crippen LogP contribution in [0.4, 0.5) is 0 Å². The van der Waals surface area contributed by atoms with E-state index in [-0.39, 0.29) is 5.54 Å². The minimum absolute atomic E-state index is 0.242. The quantitative estimate of drug-likeness (QED) is 0.649. The van der Waals surface area contributed by atoms with Crippen molar-refractivity contribution in [2.24, 2.45) is 0 Å². The molecule has 0 amide bonds. The lowest BCUT2D eigenvalue weighted by Gasteiger charge is -2.30. The molecular formula is C9H22N2. The van der Waals surface area contributed by atoms with Crippen molar-refractivity contribution in [2.45, 2.75) is 33.2 Å². The maximum atomic E-state index is 3.30. The molecule has 0 atom stereocenters. The van der Waals surface area contributed by atoms with Crippen molar-refractivity contribution >= 4 is 0 Å². The summed E-state index contributed by atoms with van der Waals surface area (Å²) < 4.78 is 0. The number of hydrogen-bond donors (Lipinski definition) is 1. The second-order valence-corrected chi connectivity index (χ2v) is 3.60. The molecular weight excluding hydrogens is 136 g/mol. The predicted molar refractivity (Wildman–Crippen MR) is 50.9 cm³/mol. The van der Waals surface area contributed by atoms with Gasteiger partial charge in [0.1, 0.15) is 0 Å². The first-order chi connectivity index (χ1) is 5.05. The monoisotopic (exact) mass is 158 g/mol. The maximum Gasteiger partial charge on any atom is 0.0249 e. The van der Waals surface area contributed by atoms with Crippen molar-refractivity contribution in [3.63, 3.8) is 0 Å². The summed E-state index contributed by atoms with van der Waals surface area (Å²) in [6.45, 7) is 12.3. The van der Waals surface area contributed by atoms with E-state index in [2.05, 4.69) is 37.9 Å². The van der Waals surface area contributed by atoms with E-state index < -0.39 is 0 Å². The molecule has 0 spiro atoms. The van der Waals surface area contributed by atoms with Gasteiger partial charge in [-0.15, -0.1) is 0 Å². The molecule has 0 heterocycles. The molecule has 0 radical (unpaired) electrons. The van der Waals surface area contributed by atoms with Gasteiger partial charge in [-0.2, -0.15) is 0 Å². The molecule has 0 aromatic carbocycles. The second kappa shape index (κ2) is 4.73. The highest BCUT2D eigenvalue weighted by atomic mass is 15.1. The highest BCUT2D eigenvalue weighted by molar-refractivity contribution is 4.79. The van der Waals surface area contributed by atoms with Crippen molar-refractivity contribution < 1.29 is 0 Å². The first kappa shape index (κ1) is 10.9. The van der Waals surface area contributed by atoms with Crippen LogP contribution >= 0.6 is 0 Å². The Morgan fingerprint density at radius 1 is 1.18 bits per heavy atom. The largest absolute Gasteiger partial charge is 0.314 e. The number of nitrogens with one attached hydrogen (secondary N) is 1. The summed E-state index contributed by atoms with van der Waals surface area (Å²) in [6.07, 6.45) is 0. The maximum absolute atomic E-state index is 3.30. The van der Waals surface area contributed by atoms with Crippen LogP contribution in [-0.4, -0.2) is 37.1 Å². The summed E-state index contributed by atoms with van der Waals surface area (Å²) in [6, 6.07) is 0. The molecule has 0 aromatic rings. The van der Waals surface area contributed by atoms with E-state index in [1.807, 2.05) is 7.05 Å². The smallest absolute Gasteiger partial charge is 0.0249 e. The summed E-state index contributed by atoms with van der Waals surface area (Å²) in [5.74, 6) is 0. The Labute approximate surface area is 71.0 Å². The summed E-state index contributed by atoms with van der Waals surface area (Å²) in [5.41, 5.74) is 0.242. The average molecular weight is 158 g/mol. The third-order valence-corrected chi connectivity index (χ3v) is 2.19. The van der Waals surface area contributed by atoms with Gasteiger partial charge in [-0.25, -0.2) is 0 Å². The van der Waals surface area contributed by atoms with Gasteiger partial charge in [0.15, 0.2) is 0 Å². The molecule has 0 saturated heterocycles. The Bertz CT molecular complexity index is 95.7. The lowest BCUT2D eigenvalue weighted by atomic mass is 10.1. The van der Waals surface area contributed by atoms with Gasteiger partial charge < -0.3 is 10.2 Å². The minimum atomic E-state index is 0.242. The van der Waals surface area contributed by atoms with Crippen molar-refractivity contribution in [1.82, 2.24) is 10.2 Å². The summed E-state index contributed by atoms with van der Waals surface area (Å²) in [5, 5.41) is 3.30. The van der Waals surface area contributed by atoms with E-state index in [9.17, 15) is 0 Å². The van der Waals surface area contributed by atoms with Gasteiger partial charge in [0.25, 0.3) is 0 Å².